The van der Waals surface area contributed by atoms with Gasteiger partial charge in [-0.3, -0.25) is 4.90 Å². The lowest BCUT2D eigenvalue weighted by atomic mass is 9.98. The Morgan fingerprint density at radius 1 is 0.781 bits per heavy atom. The fraction of sp³-hybridized carbons (Fsp3) is 0.593. The molecule has 2 atom stereocenters. The number of nitrogens with zero attached hydrogens (tertiary/aromatic N) is 5. The van der Waals surface area contributed by atoms with Gasteiger partial charge in [-0.25, -0.2) is 4.98 Å². The average Bonchev–Trinajstić information content (AvgIpc) is 3.60. The molecular formula is C27H37N5. The smallest absolute Gasteiger partial charge is 0.131 e. The summed E-state index contributed by atoms with van der Waals surface area (Å²) in [6.07, 6.45) is 7.76. The fourth-order valence-corrected chi connectivity index (χ4v) is 6.39. The molecule has 5 heteroatoms. The lowest BCUT2D eigenvalue weighted by molar-refractivity contribution is 0.204. The molecule has 1 aromatic heterocycles. The van der Waals surface area contributed by atoms with Crippen molar-refractivity contribution < 1.29 is 0 Å². The summed E-state index contributed by atoms with van der Waals surface area (Å²) >= 11 is 0. The number of hydrogen-bond donors (Lipinski definition) is 0. The van der Waals surface area contributed by atoms with E-state index in [1.165, 1.54) is 68.6 Å². The Balaban J connectivity index is 1.14. The number of likely N-dealkylation sites (tertiary alicyclic amines) is 1. The minimum Gasteiger partial charge on any atom is -0.370 e. The summed E-state index contributed by atoms with van der Waals surface area (Å²) in [5, 5.41) is 0. The molecule has 5 nitrogen and oxygen atoms in total. The molecule has 0 spiro atoms. The summed E-state index contributed by atoms with van der Waals surface area (Å²) in [7, 11) is 0. The Morgan fingerprint density at radius 3 is 2.44 bits per heavy atom. The highest BCUT2D eigenvalue weighted by molar-refractivity contribution is 5.56. The van der Waals surface area contributed by atoms with Crippen molar-refractivity contribution in [2.75, 3.05) is 54.0 Å². The van der Waals surface area contributed by atoms with Crippen LogP contribution in [0.3, 0.4) is 0 Å². The molecule has 170 valence electrons. The molecule has 0 bridgehead atoms. The van der Waals surface area contributed by atoms with Gasteiger partial charge < -0.3 is 14.7 Å². The lowest BCUT2D eigenvalue weighted by Crippen LogP contribution is -2.39. The SMILES string of the molecule is CC1CCCN1C1CCN(c2ccc3c(c2)CCN(c2cccc(N4CCCC4)n2)C3)C1. The van der Waals surface area contributed by atoms with Crippen molar-refractivity contribution in [1.82, 2.24) is 9.88 Å². The zero-order valence-electron chi connectivity index (χ0n) is 19.5. The van der Waals surface area contributed by atoms with Crippen LogP contribution in [0.4, 0.5) is 17.3 Å². The van der Waals surface area contributed by atoms with Crippen molar-refractivity contribution in [2.45, 2.75) is 64.1 Å². The number of pyridine rings is 1. The first-order valence-corrected chi connectivity index (χ1v) is 12.8. The highest BCUT2D eigenvalue weighted by Crippen LogP contribution is 2.32. The second kappa shape index (κ2) is 8.58. The highest BCUT2D eigenvalue weighted by Gasteiger charge is 2.33. The van der Waals surface area contributed by atoms with Crippen LogP contribution >= 0.6 is 0 Å². The van der Waals surface area contributed by atoms with Crippen LogP contribution in [0.15, 0.2) is 36.4 Å². The predicted octanol–water partition coefficient (Wildman–Crippen LogP) is 4.31. The second-order valence-corrected chi connectivity index (χ2v) is 10.3. The van der Waals surface area contributed by atoms with Gasteiger partial charge in [0.2, 0.25) is 0 Å². The maximum Gasteiger partial charge on any atom is 0.131 e. The van der Waals surface area contributed by atoms with Gasteiger partial charge in [-0.15, -0.1) is 0 Å². The molecule has 0 aliphatic carbocycles. The number of benzene rings is 1. The summed E-state index contributed by atoms with van der Waals surface area (Å²) in [6.45, 7) is 10.4. The first-order valence-electron chi connectivity index (χ1n) is 12.8. The minimum atomic E-state index is 0.744. The van der Waals surface area contributed by atoms with Crippen LogP contribution in [0.1, 0.15) is 50.2 Å². The van der Waals surface area contributed by atoms with E-state index in [4.69, 9.17) is 4.98 Å². The molecule has 4 aliphatic rings. The van der Waals surface area contributed by atoms with Crippen molar-refractivity contribution in [3.05, 3.63) is 47.5 Å². The fourth-order valence-electron chi connectivity index (χ4n) is 6.39. The van der Waals surface area contributed by atoms with Crippen LogP contribution in [0.2, 0.25) is 0 Å². The summed E-state index contributed by atoms with van der Waals surface area (Å²) in [6, 6.07) is 15.3. The van der Waals surface area contributed by atoms with Gasteiger partial charge in [-0.2, -0.15) is 0 Å². The van der Waals surface area contributed by atoms with E-state index in [-0.39, 0.29) is 0 Å². The molecule has 0 radical (unpaired) electrons. The summed E-state index contributed by atoms with van der Waals surface area (Å²) in [5.74, 6) is 2.28. The van der Waals surface area contributed by atoms with E-state index in [0.29, 0.717) is 0 Å². The quantitative estimate of drug-likeness (QED) is 0.719. The molecule has 6 rings (SSSR count). The third-order valence-corrected chi connectivity index (χ3v) is 8.28. The van der Waals surface area contributed by atoms with E-state index < -0.39 is 0 Å². The van der Waals surface area contributed by atoms with Crippen molar-refractivity contribution in [3.63, 3.8) is 0 Å². The topological polar surface area (TPSA) is 25.9 Å². The average molecular weight is 432 g/mol. The van der Waals surface area contributed by atoms with Crippen LogP contribution in [0.5, 0.6) is 0 Å². The van der Waals surface area contributed by atoms with Crippen molar-refractivity contribution in [1.29, 1.82) is 0 Å². The van der Waals surface area contributed by atoms with Gasteiger partial charge in [0, 0.05) is 57.0 Å². The standard InChI is InChI=1S/C27H37N5/c1-21-6-5-15-32(21)25-12-17-30(20-25)24-10-9-23-19-31(16-11-22(23)18-24)27-8-4-7-26(28-27)29-13-2-3-14-29/h4,7-10,18,21,25H,2-3,5-6,11-17,19-20H2,1H3. The zero-order valence-corrected chi connectivity index (χ0v) is 19.5. The van der Waals surface area contributed by atoms with Gasteiger partial charge in [-0.1, -0.05) is 12.1 Å². The number of hydrogen-bond acceptors (Lipinski definition) is 5. The Kier molecular flexibility index (Phi) is 5.46. The van der Waals surface area contributed by atoms with E-state index in [0.717, 1.165) is 56.3 Å². The molecular weight excluding hydrogens is 394 g/mol. The Labute approximate surface area is 193 Å². The maximum absolute atomic E-state index is 5.02. The molecule has 2 unspecified atom stereocenters. The molecule has 3 fully saturated rings. The van der Waals surface area contributed by atoms with Gasteiger partial charge in [0.1, 0.15) is 11.6 Å². The van der Waals surface area contributed by atoms with Crippen LogP contribution < -0.4 is 14.7 Å². The van der Waals surface area contributed by atoms with Gasteiger partial charge in [0.25, 0.3) is 0 Å². The molecule has 2 aromatic rings. The molecule has 4 aliphatic heterocycles. The normalized spacial score (nSPS) is 26.2. The van der Waals surface area contributed by atoms with Crippen LogP contribution in [0.25, 0.3) is 0 Å². The van der Waals surface area contributed by atoms with Crippen molar-refractivity contribution in [3.8, 4) is 0 Å². The minimum absolute atomic E-state index is 0.744. The van der Waals surface area contributed by atoms with E-state index in [1.807, 2.05) is 0 Å². The molecule has 32 heavy (non-hydrogen) atoms. The lowest BCUT2D eigenvalue weighted by Gasteiger charge is -2.32. The third-order valence-electron chi connectivity index (χ3n) is 8.28. The molecule has 0 saturated carbocycles. The molecule has 0 amide bonds. The second-order valence-electron chi connectivity index (χ2n) is 10.3. The maximum atomic E-state index is 5.02. The first kappa shape index (κ1) is 20.3. The Hall–Kier alpha value is -2.27. The molecule has 0 N–H and O–H groups in total. The highest BCUT2D eigenvalue weighted by atomic mass is 15.3. The van der Waals surface area contributed by atoms with E-state index in [2.05, 4.69) is 62.9 Å². The third kappa shape index (κ3) is 3.85. The molecule has 3 saturated heterocycles. The summed E-state index contributed by atoms with van der Waals surface area (Å²) in [5.41, 5.74) is 4.44. The van der Waals surface area contributed by atoms with Gasteiger partial charge in [-0.05, 0) is 87.4 Å². The number of anilines is 3. The molecule has 1 aromatic carbocycles. The zero-order chi connectivity index (χ0) is 21.5. The summed E-state index contributed by atoms with van der Waals surface area (Å²) < 4.78 is 0. The van der Waals surface area contributed by atoms with Gasteiger partial charge >= 0.3 is 0 Å². The Morgan fingerprint density at radius 2 is 1.62 bits per heavy atom. The van der Waals surface area contributed by atoms with Crippen molar-refractivity contribution >= 4 is 17.3 Å². The summed E-state index contributed by atoms with van der Waals surface area (Å²) in [4.78, 5) is 15.3. The van der Waals surface area contributed by atoms with E-state index in [1.54, 1.807) is 0 Å². The van der Waals surface area contributed by atoms with Gasteiger partial charge in [0.05, 0.1) is 0 Å². The molecule has 5 heterocycles. The number of rotatable bonds is 4. The van der Waals surface area contributed by atoms with Crippen LogP contribution in [0, 0.1) is 0 Å². The number of fused-ring (bicyclic) bond motifs is 1. The van der Waals surface area contributed by atoms with Crippen LogP contribution in [-0.2, 0) is 13.0 Å². The first-order chi connectivity index (χ1) is 15.7. The Bertz CT molecular complexity index is 953. The van der Waals surface area contributed by atoms with Crippen molar-refractivity contribution in [2.24, 2.45) is 0 Å². The predicted molar refractivity (Wildman–Crippen MR) is 133 cm³/mol. The van der Waals surface area contributed by atoms with Gasteiger partial charge in [0.15, 0.2) is 0 Å². The monoisotopic (exact) mass is 431 g/mol. The van der Waals surface area contributed by atoms with Crippen LogP contribution in [-0.4, -0.2) is 61.2 Å². The van der Waals surface area contributed by atoms with E-state index >= 15 is 0 Å². The van der Waals surface area contributed by atoms with E-state index in [9.17, 15) is 0 Å². The number of aromatic nitrogens is 1. The largest absolute Gasteiger partial charge is 0.370 e.